The second-order valence-corrected chi connectivity index (χ2v) is 6.29. The summed E-state index contributed by atoms with van der Waals surface area (Å²) in [4.78, 5) is 12.0. The molecule has 4 nitrogen and oxygen atoms in total. The van der Waals surface area contributed by atoms with Crippen LogP contribution in [0.4, 0.5) is 9.52 Å². The molecule has 1 N–H and O–H groups in total. The van der Waals surface area contributed by atoms with Crippen LogP contribution in [0.2, 0.25) is 10.0 Å². The highest BCUT2D eigenvalue weighted by Crippen LogP contribution is 2.33. The van der Waals surface area contributed by atoms with E-state index in [1.165, 1.54) is 18.2 Å². The van der Waals surface area contributed by atoms with Gasteiger partial charge in [-0.2, -0.15) is 0 Å². The lowest BCUT2D eigenvalue weighted by atomic mass is 10.2. The van der Waals surface area contributed by atoms with E-state index in [4.69, 9.17) is 23.2 Å². The molecule has 0 aliphatic carbocycles. The van der Waals surface area contributed by atoms with E-state index in [0.29, 0.717) is 20.6 Å². The van der Waals surface area contributed by atoms with Gasteiger partial charge < -0.3 is 0 Å². The Morgan fingerprint density at radius 1 is 1.13 bits per heavy atom. The molecule has 0 radical (unpaired) electrons. The molecule has 0 bridgehead atoms. The van der Waals surface area contributed by atoms with Gasteiger partial charge in [-0.1, -0.05) is 46.7 Å². The van der Waals surface area contributed by atoms with E-state index in [-0.39, 0.29) is 10.7 Å². The molecule has 8 heteroatoms. The maximum atomic E-state index is 13.6. The second kappa shape index (κ2) is 6.62. The van der Waals surface area contributed by atoms with Crippen LogP contribution in [0.15, 0.2) is 42.5 Å². The van der Waals surface area contributed by atoms with Crippen LogP contribution in [-0.4, -0.2) is 16.1 Å². The number of aromatic nitrogens is 2. The van der Waals surface area contributed by atoms with Gasteiger partial charge in [-0.25, -0.2) is 4.39 Å². The number of nitrogens with one attached hydrogen (secondary N) is 1. The Morgan fingerprint density at radius 3 is 2.65 bits per heavy atom. The van der Waals surface area contributed by atoms with Crippen molar-refractivity contribution in [1.29, 1.82) is 0 Å². The lowest BCUT2D eigenvalue weighted by Gasteiger charge is -2.02. The third-order valence-electron chi connectivity index (χ3n) is 2.93. The van der Waals surface area contributed by atoms with Crippen molar-refractivity contribution in [3.05, 3.63) is 63.9 Å². The molecule has 0 atom stereocenters. The topological polar surface area (TPSA) is 54.9 Å². The van der Waals surface area contributed by atoms with E-state index >= 15 is 0 Å². The van der Waals surface area contributed by atoms with Gasteiger partial charge in [0.25, 0.3) is 5.91 Å². The normalized spacial score (nSPS) is 10.6. The van der Waals surface area contributed by atoms with E-state index < -0.39 is 11.7 Å². The molecule has 0 aliphatic rings. The summed E-state index contributed by atoms with van der Waals surface area (Å²) in [5.41, 5.74) is 0.591. The average Bonchev–Trinajstić information content (AvgIpc) is 2.95. The smallest absolute Gasteiger partial charge is 0.260 e. The number of benzene rings is 2. The molecule has 0 spiro atoms. The summed E-state index contributed by atoms with van der Waals surface area (Å²) in [6, 6.07) is 10.7. The minimum absolute atomic E-state index is 0.0613. The van der Waals surface area contributed by atoms with Crippen molar-refractivity contribution >= 4 is 45.6 Å². The summed E-state index contributed by atoms with van der Waals surface area (Å²) in [7, 11) is 0. The molecule has 3 rings (SSSR count). The maximum absolute atomic E-state index is 13.6. The zero-order valence-corrected chi connectivity index (χ0v) is 13.7. The van der Waals surface area contributed by atoms with Gasteiger partial charge in [0.1, 0.15) is 5.82 Å². The highest BCUT2D eigenvalue weighted by atomic mass is 35.5. The standard InChI is InChI=1S/C15H8Cl2FN3OS/c16-8-5-6-9(11(17)7-8)14-20-21-15(23-14)19-13(22)10-3-1-2-4-12(10)18/h1-7H,(H,19,21,22). The minimum Gasteiger partial charge on any atom is -0.296 e. The van der Waals surface area contributed by atoms with Crippen LogP contribution >= 0.6 is 34.5 Å². The Kier molecular flexibility index (Phi) is 4.56. The summed E-state index contributed by atoms with van der Waals surface area (Å²) >= 11 is 13.1. The molecule has 23 heavy (non-hydrogen) atoms. The lowest BCUT2D eigenvalue weighted by molar-refractivity contribution is 0.102. The van der Waals surface area contributed by atoms with E-state index in [9.17, 15) is 9.18 Å². The molecule has 0 saturated heterocycles. The average molecular weight is 368 g/mol. The summed E-state index contributed by atoms with van der Waals surface area (Å²) in [6.07, 6.45) is 0. The Labute approximate surface area is 144 Å². The highest BCUT2D eigenvalue weighted by Gasteiger charge is 2.15. The fourth-order valence-electron chi connectivity index (χ4n) is 1.86. The van der Waals surface area contributed by atoms with Gasteiger partial charge in [0.15, 0.2) is 5.01 Å². The number of hydrogen-bond acceptors (Lipinski definition) is 4. The molecule has 1 aromatic heterocycles. The number of anilines is 1. The third-order valence-corrected chi connectivity index (χ3v) is 4.35. The first-order valence-electron chi connectivity index (χ1n) is 6.39. The van der Waals surface area contributed by atoms with E-state index in [0.717, 1.165) is 11.3 Å². The van der Waals surface area contributed by atoms with Crippen molar-refractivity contribution in [2.24, 2.45) is 0 Å². The van der Waals surface area contributed by atoms with Crippen LogP contribution in [0.3, 0.4) is 0 Å². The predicted octanol–water partition coefficient (Wildman–Crippen LogP) is 4.90. The molecule has 116 valence electrons. The Bertz CT molecular complexity index is 885. The van der Waals surface area contributed by atoms with Gasteiger partial charge >= 0.3 is 0 Å². The van der Waals surface area contributed by atoms with Crippen molar-refractivity contribution in [2.45, 2.75) is 0 Å². The van der Waals surface area contributed by atoms with Crippen LogP contribution in [0.1, 0.15) is 10.4 Å². The molecular weight excluding hydrogens is 360 g/mol. The summed E-state index contributed by atoms with van der Waals surface area (Å²) in [5.74, 6) is -1.19. The predicted molar refractivity (Wildman–Crippen MR) is 89.7 cm³/mol. The monoisotopic (exact) mass is 367 g/mol. The molecular formula is C15H8Cl2FN3OS. The van der Waals surface area contributed by atoms with Crippen molar-refractivity contribution in [3.8, 4) is 10.6 Å². The van der Waals surface area contributed by atoms with Gasteiger partial charge in [0.05, 0.1) is 10.6 Å². The van der Waals surface area contributed by atoms with Crippen LogP contribution in [-0.2, 0) is 0 Å². The molecule has 0 unspecified atom stereocenters. The largest absolute Gasteiger partial charge is 0.296 e. The van der Waals surface area contributed by atoms with Crippen molar-refractivity contribution in [3.63, 3.8) is 0 Å². The molecule has 0 aliphatic heterocycles. The van der Waals surface area contributed by atoms with Crippen LogP contribution in [0.5, 0.6) is 0 Å². The van der Waals surface area contributed by atoms with E-state index in [2.05, 4.69) is 15.5 Å². The summed E-state index contributed by atoms with van der Waals surface area (Å²) in [5, 5.41) is 12.1. The summed E-state index contributed by atoms with van der Waals surface area (Å²) in [6.45, 7) is 0. The van der Waals surface area contributed by atoms with Crippen molar-refractivity contribution in [1.82, 2.24) is 10.2 Å². The minimum atomic E-state index is -0.601. The van der Waals surface area contributed by atoms with Gasteiger partial charge in [0, 0.05) is 10.6 Å². The summed E-state index contributed by atoms with van der Waals surface area (Å²) < 4.78 is 13.6. The van der Waals surface area contributed by atoms with E-state index in [1.807, 2.05) is 0 Å². The maximum Gasteiger partial charge on any atom is 0.260 e. The van der Waals surface area contributed by atoms with Gasteiger partial charge in [0.2, 0.25) is 5.13 Å². The second-order valence-electron chi connectivity index (χ2n) is 4.47. The number of carbonyl (C=O) groups is 1. The highest BCUT2D eigenvalue weighted by molar-refractivity contribution is 7.18. The van der Waals surface area contributed by atoms with Crippen molar-refractivity contribution < 1.29 is 9.18 Å². The first-order valence-corrected chi connectivity index (χ1v) is 7.96. The van der Waals surface area contributed by atoms with Crippen LogP contribution in [0, 0.1) is 5.82 Å². The lowest BCUT2D eigenvalue weighted by Crippen LogP contribution is -2.13. The van der Waals surface area contributed by atoms with Gasteiger partial charge in [-0.3, -0.25) is 10.1 Å². The molecule has 1 heterocycles. The number of rotatable bonds is 3. The Hall–Kier alpha value is -2.02. The first kappa shape index (κ1) is 15.9. The number of halogens is 3. The third kappa shape index (κ3) is 3.50. The number of nitrogens with zero attached hydrogens (tertiary/aromatic N) is 2. The molecule has 2 aromatic carbocycles. The Morgan fingerprint density at radius 2 is 1.91 bits per heavy atom. The van der Waals surface area contributed by atoms with E-state index in [1.54, 1.807) is 24.3 Å². The van der Waals surface area contributed by atoms with Crippen LogP contribution in [0.25, 0.3) is 10.6 Å². The fraction of sp³-hybridized carbons (Fsp3) is 0. The zero-order valence-electron chi connectivity index (χ0n) is 11.4. The first-order chi connectivity index (χ1) is 11.0. The number of amides is 1. The zero-order chi connectivity index (χ0) is 16.4. The SMILES string of the molecule is O=C(Nc1nnc(-c2ccc(Cl)cc2Cl)s1)c1ccccc1F. The van der Waals surface area contributed by atoms with Crippen LogP contribution < -0.4 is 5.32 Å². The molecule has 3 aromatic rings. The molecule has 1 amide bonds. The number of carbonyl (C=O) groups excluding carboxylic acids is 1. The quantitative estimate of drug-likeness (QED) is 0.715. The van der Waals surface area contributed by atoms with Gasteiger partial charge in [-0.05, 0) is 30.3 Å². The van der Waals surface area contributed by atoms with Crippen molar-refractivity contribution in [2.75, 3.05) is 5.32 Å². The fourth-order valence-corrected chi connectivity index (χ4v) is 3.19. The molecule has 0 saturated carbocycles. The molecule has 0 fully saturated rings. The van der Waals surface area contributed by atoms with Gasteiger partial charge in [-0.15, -0.1) is 10.2 Å². The number of hydrogen-bond donors (Lipinski definition) is 1. The Balaban J connectivity index is 1.82.